The van der Waals surface area contributed by atoms with Crippen molar-refractivity contribution in [2.75, 3.05) is 0 Å². The average Bonchev–Trinajstić information content (AvgIpc) is 1.88. The molecule has 0 saturated heterocycles. The molecule has 0 aliphatic carbocycles. The van der Waals surface area contributed by atoms with Crippen molar-refractivity contribution >= 4 is 32.2 Å². The second kappa shape index (κ2) is 10.3. The summed E-state index contributed by atoms with van der Waals surface area (Å²) in [6.45, 7) is 2.42. The first kappa shape index (κ1) is 18.9. The quantitative estimate of drug-likeness (QED) is 0.273. The van der Waals surface area contributed by atoms with E-state index in [-0.39, 0.29) is 29.6 Å². The van der Waals surface area contributed by atoms with Gasteiger partial charge >= 0.3 is 19.5 Å². The minimum Gasteiger partial charge on any atom is -0.767 e. The zero-order valence-electron chi connectivity index (χ0n) is 7.16. The van der Waals surface area contributed by atoms with Gasteiger partial charge in [-0.1, -0.05) is 0 Å². The maximum Gasteiger partial charge on any atom is 2.00 e. The monoisotopic (exact) mass is 276 g/mol. The van der Waals surface area contributed by atoms with Crippen LogP contribution in [0.2, 0.25) is 0 Å². The van der Waals surface area contributed by atoms with Gasteiger partial charge in [-0.25, -0.2) is 0 Å². The van der Waals surface area contributed by atoms with Crippen molar-refractivity contribution in [3.8, 4) is 0 Å². The molecule has 0 saturated carbocycles. The second-order valence-corrected chi connectivity index (χ2v) is 3.75. The van der Waals surface area contributed by atoms with E-state index in [1.54, 1.807) is 0 Å². The fourth-order valence-corrected chi connectivity index (χ4v) is 0. The molecule has 0 aliphatic heterocycles. The molecule has 0 amide bonds. The Labute approximate surface area is 93.8 Å². The Morgan fingerprint density at radius 3 is 1.08 bits per heavy atom. The molecular formula is C4H8N2O4S2Zn. The fraction of sp³-hybridized carbons (Fsp3) is 0.500. The van der Waals surface area contributed by atoms with Crippen molar-refractivity contribution in [2.45, 2.75) is 13.8 Å². The summed E-state index contributed by atoms with van der Waals surface area (Å²) in [5, 5.41) is 12.0. The van der Waals surface area contributed by atoms with Gasteiger partial charge in [0.25, 0.3) is 0 Å². The Morgan fingerprint density at radius 1 is 1.00 bits per heavy atom. The maximum atomic E-state index is 9.47. The van der Waals surface area contributed by atoms with E-state index in [1.165, 1.54) is 13.8 Å². The van der Waals surface area contributed by atoms with Gasteiger partial charge in [0.05, 0.1) is 10.1 Å². The molecule has 0 spiro atoms. The molecule has 0 aromatic heterocycles. The molecule has 6 nitrogen and oxygen atoms in total. The topological polar surface area (TPSA) is 128 Å². The fourth-order valence-electron chi connectivity index (χ4n) is 0. The first-order valence-corrected chi connectivity index (χ1v) is 4.72. The normalized spacial score (nSPS) is 12.6. The zero-order valence-corrected chi connectivity index (χ0v) is 11.8. The zero-order chi connectivity index (χ0) is 10.3. The van der Waals surface area contributed by atoms with Gasteiger partial charge in [-0.2, -0.15) is 0 Å². The molecule has 0 rings (SSSR count). The summed E-state index contributed by atoms with van der Waals surface area (Å²) in [4.78, 5) is 0. The van der Waals surface area contributed by atoms with Gasteiger partial charge in [-0.3, -0.25) is 19.2 Å². The average molecular weight is 278 g/mol. The Kier molecular flexibility index (Phi) is 14.9. The van der Waals surface area contributed by atoms with Gasteiger partial charge in [0.2, 0.25) is 0 Å². The smallest absolute Gasteiger partial charge is 0.767 e. The van der Waals surface area contributed by atoms with Crippen LogP contribution in [0.25, 0.3) is 0 Å². The van der Waals surface area contributed by atoms with Gasteiger partial charge < -0.3 is 9.11 Å². The van der Waals surface area contributed by atoms with Crippen LogP contribution in [0.15, 0.2) is 0 Å². The van der Waals surface area contributed by atoms with E-state index in [1.807, 2.05) is 0 Å². The SMILES string of the molecule is CC(=N)S(=O)[O-].CC(=N)S(=O)[O-].[Zn+2]. The van der Waals surface area contributed by atoms with Gasteiger partial charge in [-0.15, -0.1) is 0 Å². The van der Waals surface area contributed by atoms with Crippen LogP contribution in [-0.2, 0) is 41.6 Å². The summed E-state index contributed by atoms with van der Waals surface area (Å²) in [6, 6.07) is 0. The van der Waals surface area contributed by atoms with Crippen LogP contribution >= 0.6 is 0 Å². The van der Waals surface area contributed by atoms with E-state index >= 15 is 0 Å². The third-order valence-corrected chi connectivity index (χ3v) is 1.50. The molecule has 0 bridgehead atoms. The summed E-state index contributed by atoms with van der Waals surface area (Å²) in [7, 11) is 0. The van der Waals surface area contributed by atoms with Crippen LogP contribution in [0.5, 0.6) is 0 Å². The summed E-state index contributed by atoms with van der Waals surface area (Å²) >= 11 is -4.57. The number of rotatable bonds is 0. The molecular weight excluding hydrogens is 270 g/mol. The van der Waals surface area contributed by atoms with Crippen LogP contribution in [0.1, 0.15) is 13.8 Å². The summed E-state index contributed by atoms with van der Waals surface area (Å²) in [5.74, 6) is 0. The van der Waals surface area contributed by atoms with E-state index in [0.717, 1.165) is 0 Å². The molecule has 9 heteroatoms. The number of nitrogens with one attached hydrogen (secondary N) is 2. The maximum absolute atomic E-state index is 9.47. The minimum atomic E-state index is -2.28. The molecule has 2 atom stereocenters. The largest absolute Gasteiger partial charge is 2.00 e. The Balaban J connectivity index is -0.000000143. The summed E-state index contributed by atoms with van der Waals surface area (Å²) in [6.07, 6.45) is 0. The predicted octanol–water partition coefficient (Wildman–Crippen LogP) is -0.277. The van der Waals surface area contributed by atoms with E-state index in [0.29, 0.717) is 0 Å². The molecule has 0 aliphatic rings. The van der Waals surface area contributed by atoms with Gasteiger partial charge in [0.1, 0.15) is 0 Å². The Morgan fingerprint density at radius 2 is 1.08 bits per heavy atom. The number of hydrogen-bond donors (Lipinski definition) is 2. The van der Waals surface area contributed by atoms with Crippen molar-refractivity contribution in [3.63, 3.8) is 0 Å². The molecule has 0 heterocycles. The molecule has 0 aromatic carbocycles. The van der Waals surface area contributed by atoms with Gasteiger partial charge in [0, 0.05) is 0 Å². The molecule has 0 fully saturated rings. The molecule has 72 valence electrons. The molecule has 0 aromatic rings. The second-order valence-electron chi connectivity index (χ2n) is 1.58. The van der Waals surface area contributed by atoms with Crippen molar-refractivity contribution < 1.29 is 37.0 Å². The van der Waals surface area contributed by atoms with E-state index < -0.39 is 22.2 Å². The van der Waals surface area contributed by atoms with Crippen molar-refractivity contribution in [2.24, 2.45) is 0 Å². The third-order valence-electron chi connectivity index (χ3n) is 0.500. The van der Waals surface area contributed by atoms with Crippen molar-refractivity contribution in [1.29, 1.82) is 10.8 Å². The molecule has 2 N–H and O–H groups in total. The number of hydrogen-bond acceptors (Lipinski definition) is 6. The van der Waals surface area contributed by atoms with Crippen LogP contribution < -0.4 is 0 Å². The predicted molar refractivity (Wildman–Crippen MR) is 44.6 cm³/mol. The molecule has 2 unspecified atom stereocenters. The van der Waals surface area contributed by atoms with Crippen LogP contribution in [0, 0.1) is 10.8 Å². The standard InChI is InChI=1S/2C2H5NO2S.Zn/c2*1-2(3)6(4)5;/h2*3H,1H3,(H,4,5);/q;;+2/p-2. The third kappa shape index (κ3) is 18.9. The first-order chi connectivity index (χ1) is 5.29. The van der Waals surface area contributed by atoms with E-state index in [2.05, 4.69) is 0 Å². The summed E-state index contributed by atoms with van der Waals surface area (Å²) < 4.78 is 37.9. The molecule has 13 heavy (non-hydrogen) atoms. The van der Waals surface area contributed by atoms with Crippen LogP contribution in [0.3, 0.4) is 0 Å². The van der Waals surface area contributed by atoms with Crippen molar-refractivity contribution in [1.82, 2.24) is 0 Å². The van der Waals surface area contributed by atoms with E-state index in [9.17, 15) is 17.5 Å². The summed E-state index contributed by atoms with van der Waals surface area (Å²) in [5.41, 5.74) is 0. The van der Waals surface area contributed by atoms with E-state index in [4.69, 9.17) is 10.8 Å². The van der Waals surface area contributed by atoms with Gasteiger partial charge in [-0.05, 0) is 36.0 Å². The minimum absolute atomic E-state index is 0. The van der Waals surface area contributed by atoms with Crippen molar-refractivity contribution in [3.05, 3.63) is 0 Å². The Bertz CT molecular complexity index is 184. The van der Waals surface area contributed by atoms with Crippen LogP contribution in [0.4, 0.5) is 0 Å². The first-order valence-electron chi connectivity index (χ1n) is 2.57. The Hall–Kier alpha value is 0.183. The van der Waals surface area contributed by atoms with Gasteiger partial charge in [0.15, 0.2) is 0 Å². The molecule has 0 radical (unpaired) electrons. The van der Waals surface area contributed by atoms with Crippen LogP contribution in [-0.4, -0.2) is 27.6 Å².